The smallest absolute Gasteiger partial charge is 0.155 e. The molecule has 142 valence electrons. The Morgan fingerprint density at radius 3 is 2.62 bits per heavy atom. The van der Waals surface area contributed by atoms with Crippen LogP contribution in [0.4, 0.5) is 0 Å². The molecule has 0 aromatic rings. The Balaban J connectivity index is 1.62. The van der Waals surface area contributed by atoms with Gasteiger partial charge in [-0.05, 0) is 74.2 Å². The minimum atomic E-state index is -0.718. The van der Waals surface area contributed by atoms with Crippen LogP contribution < -0.4 is 0 Å². The van der Waals surface area contributed by atoms with Crippen molar-refractivity contribution >= 4 is 5.78 Å². The van der Waals surface area contributed by atoms with E-state index in [-0.39, 0.29) is 17.4 Å². The van der Waals surface area contributed by atoms with Crippen LogP contribution in [-0.4, -0.2) is 28.2 Å². The van der Waals surface area contributed by atoms with Crippen molar-refractivity contribution in [1.82, 2.24) is 0 Å². The lowest BCUT2D eigenvalue weighted by Gasteiger charge is -2.59. The first-order valence-electron chi connectivity index (χ1n) is 10.4. The molecule has 26 heavy (non-hydrogen) atoms. The highest BCUT2D eigenvalue weighted by Gasteiger charge is 2.63. The summed E-state index contributed by atoms with van der Waals surface area (Å²) in [6, 6.07) is 0. The molecule has 1 unspecified atom stereocenters. The van der Waals surface area contributed by atoms with E-state index in [9.17, 15) is 9.90 Å². The Bertz CT molecular complexity index is 698. The Labute approximate surface area is 157 Å². The second-order valence-electron chi connectivity index (χ2n) is 9.68. The number of fused-ring (bicyclic) bond motifs is 5. The van der Waals surface area contributed by atoms with E-state index in [0.29, 0.717) is 36.4 Å². The molecule has 0 heterocycles. The van der Waals surface area contributed by atoms with Crippen molar-refractivity contribution in [2.45, 2.75) is 77.2 Å². The number of carbonyl (C=O) groups excluding carboxylic acids is 1. The molecular formula is C23H32O3. The van der Waals surface area contributed by atoms with Gasteiger partial charge in [0.1, 0.15) is 6.61 Å². The van der Waals surface area contributed by atoms with Gasteiger partial charge in [0.15, 0.2) is 5.78 Å². The first-order valence-corrected chi connectivity index (χ1v) is 10.4. The molecule has 4 rings (SSSR count). The fourth-order valence-corrected chi connectivity index (χ4v) is 7.22. The molecule has 3 saturated carbocycles. The maximum atomic E-state index is 11.9. The first kappa shape index (κ1) is 18.3. The van der Waals surface area contributed by atoms with Crippen LogP contribution in [0.15, 0.2) is 11.6 Å². The number of aliphatic hydroxyl groups is 2. The topological polar surface area (TPSA) is 57.5 Å². The van der Waals surface area contributed by atoms with Gasteiger partial charge in [0.25, 0.3) is 0 Å². The summed E-state index contributed by atoms with van der Waals surface area (Å²) in [5, 5.41) is 20.4. The van der Waals surface area contributed by atoms with Crippen LogP contribution in [0.2, 0.25) is 0 Å². The number of rotatable bonds is 1. The lowest BCUT2D eigenvalue weighted by Crippen LogP contribution is -2.54. The summed E-state index contributed by atoms with van der Waals surface area (Å²) in [7, 11) is 0. The minimum absolute atomic E-state index is 0.0691. The van der Waals surface area contributed by atoms with Gasteiger partial charge in [0, 0.05) is 18.3 Å². The van der Waals surface area contributed by atoms with Gasteiger partial charge in [-0.2, -0.15) is 0 Å². The summed E-state index contributed by atoms with van der Waals surface area (Å²) in [6.07, 6.45) is 10.5. The molecule has 6 atom stereocenters. The highest BCUT2D eigenvalue weighted by atomic mass is 16.3. The van der Waals surface area contributed by atoms with Gasteiger partial charge in [-0.1, -0.05) is 31.3 Å². The molecular weight excluding hydrogens is 324 g/mol. The fourth-order valence-electron chi connectivity index (χ4n) is 7.22. The lowest BCUT2D eigenvalue weighted by molar-refractivity contribution is -0.128. The highest BCUT2D eigenvalue weighted by molar-refractivity contribution is 5.91. The van der Waals surface area contributed by atoms with E-state index >= 15 is 0 Å². The van der Waals surface area contributed by atoms with E-state index < -0.39 is 5.60 Å². The second kappa shape index (κ2) is 6.21. The van der Waals surface area contributed by atoms with Gasteiger partial charge in [-0.3, -0.25) is 4.79 Å². The number of ketones is 1. The summed E-state index contributed by atoms with van der Waals surface area (Å²) < 4.78 is 0. The van der Waals surface area contributed by atoms with Crippen molar-refractivity contribution in [2.75, 3.05) is 6.61 Å². The standard InChI is InChI=1S/C23H32O3/c1-21-11-7-17(25)15-16(21)5-6-18-19(21)8-12-22(2)20(18)9-13-23(22,26)10-3-4-14-24/h15,18-20,24,26H,5-14H2,1-2H3/t18-,19-,20+,21+,22+,23?/m1/s1. The maximum absolute atomic E-state index is 11.9. The van der Waals surface area contributed by atoms with Gasteiger partial charge in [0.2, 0.25) is 0 Å². The van der Waals surface area contributed by atoms with Gasteiger partial charge in [0.05, 0.1) is 5.60 Å². The molecule has 4 aliphatic carbocycles. The summed E-state index contributed by atoms with van der Waals surface area (Å²) in [4.78, 5) is 11.9. The van der Waals surface area contributed by atoms with Crippen LogP contribution in [0, 0.1) is 40.4 Å². The Morgan fingerprint density at radius 2 is 1.85 bits per heavy atom. The Kier molecular flexibility index (Phi) is 4.36. The number of allylic oxidation sites excluding steroid dienone is 1. The average molecular weight is 357 g/mol. The lowest BCUT2D eigenvalue weighted by atomic mass is 9.46. The first-order chi connectivity index (χ1) is 12.3. The van der Waals surface area contributed by atoms with Crippen LogP contribution in [0.25, 0.3) is 0 Å². The fraction of sp³-hybridized carbons (Fsp3) is 0.783. The van der Waals surface area contributed by atoms with Crippen LogP contribution in [0.1, 0.15) is 71.6 Å². The molecule has 3 heteroatoms. The third kappa shape index (κ3) is 2.45. The maximum Gasteiger partial charge on any atom is 0.155 e. The van der Waals surface area contributed by atoms with Gasteiger partial charge in [-0.15, -0.1) is 0 Å². The number of hydrogen-bond donors (Lipinski definition) is 2. The summed E-state index contributed by atoms with van der Waals surface area (Å²) in [6.45, 7) is 4.56. The quantitative estimate of drug-likeness (QED) is 0.705. The van der Waals surface area contributed by atoms with Crippen molar-refractivity contribution in [3.8, 4) is 11.8 Å². The zero-order valence-corrected chi connectivity index (χ0v) is 16.2. The SMILES string of the molecule is C[C@]12CCC(=O)C=C1CC[C@@H]1[C@H]2CC[C@@]2(C)[C@H]1CCC2(O)CC#CCO. The van der Waals surface area contributed by atoms with E-state index in [1.54, 1.807) is 0 Å². The van der Waals surface area contributed by atoms with E-state index in [2.05, 4.69) is 25.7 Å². The van der Waals surface area contributed by atoms with Crippen molar-refractivity contribution in [3.05, 3.63) is 11.6 Å². The Morgan fingerprint density at radius 1 is 1.08 bits per heavy atom. The van der Waals surface area contributed by atoms with Crippen molar-refractivity contribution in [1.29, 1.82) is 0 Å². The van der Waals surface area contributed by atoms with Gasteiger partial charge >= 0.3 is 0 Å². The minimum Gasteiger partial charge on any atom is -0.388 e. The van der Waals surface area contributed by atoms with Crippen molar-refractivity contribution < 1.29 is 15.0 Å². The van der Waals surface area contributed by atoms with E-state index in [4.69, 9.17) is 5.11 Å². The normalized spacial score (nSPS) is 47.2. The van der Waals surface area contributed by atoms with E-state index in [0.717, 1.165) is 44.9 Å². The molecule has 2 N–H and O–H groups in total. The molecule has 0 amide bonds. The zero-order valence-electron chi connectivity index (χ0n) is 16.2. The number of aliphatic hydroxyl groups excluding tert-OH is 1. The highest BCUT2D eigenvalue weighted by Crippen LogP contribution is 2.67. The molecule has 0 saturated heterocycles. The van der Waals surface area contributed by atoms with Crippen LogP contribution in [-0.2, 0) is 4.79 Å². The van der Waals surface area contributed by atoms with E-state index in [1.165, 1.54) is 5.57 Å². The van der Waals surface area contributed by atoms with Crippen LogP contribution >= 0.6 is 0 Å². The predicted molar refractivity (Wildman–Crippen MR) is 101 cm³/mol. The van der Waals surface area contributed by atoms with Crippen molar-refractivity contribution in [2.24, 2.45) is 28.6 Å². The second-order valence-corrected chi connectivity index (χ2v) is 9.68. The average Bonchev–Trinajstić information content (AvgIpc) is 2.87. The molecule has 3 nitrogen and oxygen atoms in total. The summed E-state index contributed by atoms with van der Waals surface area (Å²) in [5.41, 5.74) is 0.806. The molecule has 0 bridgehead atoms. The monoisotopic (exact) mass is 356 g/mol. The predicted octanol–water partition coefficient (Wildman–Crippen LogP) is 3.64. The molecule has 0 spiro atoms. The summed E-state index contributed by atoms with van der Waals surface area (Å²) in [5.74, 6) is 7.91. The largest absolute Gasteiger partial charge is 0.388 e. The molecule has 0 aromatic heterocycles. The Hall–Kier alpha value is -1.11. The molecule has 0 aliphatic heterocycles. The third-order valence-corrected chi connectivity index (χ3v) is 8.87. The number of hydrogen-bond acceptors (Lipinski definition) is 3. The summed E-state index contributed by atoms with van der Waals surface area (Å²) >= 11 is 0. The van der Waals surface area contributed by atoms with E-state index in [1.807, 2.05) is 6.08 Å². The van der Waals surface area contributed by atoms with Gasteiger partial charge in [-0.25, -0.2) is 0 Å². The van der Waals surface area contributed by atoms with Gasteiger partial charge < -0.3 is 10.2 Å². The third-order valence-electron chi connectivity index (χ3n) is 8.87. The van der Waals surface area contributed by atoms with Crippen LogP contribution in [0.3, 0.4) is 0 Å². The molecule has 0 aromatic carbocycles. The van der Waals surface area contributed by atoms with Crippen LogP contribution in [0.5, 0.6) is 0 Å². The van der Waals surface area contributed by atoms with Crippen molar-refractivity contribution in [3.63, 3.8) is 0 Å². The number of carbonyl (C=O) groups is 1. The molecule has 3 fully saturated rings. The zero-order chi connectivity index (χ0) is 18.6. The molecule has 0 radical (unpaired) electrons. The molecule has 4 aliphatic rings.